The van der Waals surface area contributed by atoms with Crippen molar-refractivity contribution in [1.82, 2.24) is 0 Å². The molecular formula is C8H22CuSi2. The molecule has 0 N–H and O–H groups in total. The summed E-state index contributed by atoms with van der Waals surface area (Å²) in [5.74, 6) is 0. The molecule has 0 saturated heterocycles. The van der Waals surface area contributed by atoms with Crippen LogP contribution in [0.2, 0.25) is 39.3 Å². The van der Waals surface area contributed by atoms with Gasteiger partial charge < -0.3 is 13.1 Å². The molecule has 0 bridgehead atoms. The summed E-state index contributed by atoms with van der Waals surface area (Å²) in [5.41, 5.74) is 0. The van der Waals surface area contributed by atoms with Crippen LogP contribution in [0.5, 0.6) is 0 Å². The summed E-state index contributed by atoms with van der Waals surface area (Å²) in [7, 11) is -1.72. The first-order valence-electron chi connectivity index (χ1n) is 3.71. The van der Waals surface area contributed by atoms with Crippen LogP contribution < -0.4 is 0 Å². The van der Waals surface area contributed by atoms with Crippen molar-refractivity contribution in [2.24, 2.45) is 0 Å². The predicted molar refractivity (Wildman–Crippen MR) is 57.4 cm³/mol. The van der Waals surface area contributed by atoms with Crippen LogP contribution in [0.15, 0.2) is 0 Å². The Bertz CT molecular complexity index is 55.1. The largest absolute Gasteiger partial charge is 2.00 e. The molecule has 0 aliphatic carbocycles. The fraction of sp³-hybridized carbons (Fsp3) is 0.750. The summed E-state index contributed by atoms with van der Waals surface area (Å²) >= 11 is 0. The first kappa shape index (κ1) is 17.9. The Morgan fingerprint density at radius 1 is 0.636 bits per heavy atom. The maximum Gasteiger partial charge on any atom is 2.00 e. The van der Waals surface area contributed by atoms with Gasteiger partial charge in [0.15, 0.2) is 0 Å². The van der Waals surface area contributed by atoms with E-state index in [0.29, 0.717) is 0 Å². The molecule has 0 fully saturated rings. The second kappa shape index (κ2) is 6.47. The van der Waals surface area contributed by atoms with Crippen LogP contribution in [0.4, 0.5) is 0 Å². The van der Waals surface area contributed by atoms with E-state index in [0.717, 1.165) is 0 Å². The maximum atomic E-state index is 3.91. The molecule has 1 radical (unpaired) electrons. The molecule has 0 saturated carbocycles. The van der Waals surface area contributed by atoms with Crippen LogP contribution in [0.1, 0.15) is 0 Å². The Hall–Kier alpha value is 0.953. The molecule has 0 nitrogen and oxygen atoms in total. The topological polar surface area (TPSA) is 0 Å². The van der Waals surface area contributed by atoms with Crippen molar-refractivity contribution in [3.63, 3.8) is 0 Å². The van der Waals surface area contributed by atoms with E-state index in [-0.39, 0.29) is 17.1 Å². The van der Waals surface area contributed by atoms with Crippen molar-refractivity contribution in [1.29, 1.82) is 0 Å². The van der Waals surface area contributed by atoms with Gasteiger partial charge in [-0.2, -0.15) is 0 Å². The zero-order chi connectivity index (χ0) is 9.00. The van der Waals surface area contributed by atoms with E-state index in [2.05, 4.69) is 52.4 Å². The van der Waals surface area contributed by atoms with Gasteiger partial charge in [-0.25, -0.2) is 0 Å². The number of rotatable bonds is 0. The van der Waals surface area contributed by atoms with E-state index in [9.17, 15) is 0 Å². The molecule has 3 heteroatoms. The van der Waals surface area contributed by atoms with Crippen molar-refractivity contribution >= 4 is 16.1 Å². The van der Waals surface area contributed by atoms with Gasteiger partial charge in [0, 0.05) is 0 Å². The second-order valence-electron chi connectivity index (χ2n) is 5.12. The van der Waals surface area contributed by atoms with E-state index >= 15 is 0 Å². The van der Waals surface area contributed by atoms with Crippen LogP contribution >= 0.6 is 0 Å². The van der Waals surface area contributed by atoms with Gasteiger partial charge in [0.2, 0.25) is 0 Å². The average molecular weight is 238 g/mol. The van der Waals surface area contributed by atoms with Gasteiger partial charge in [-0.3, -0.25) is 0 Å². The standard InChI is InChI=1S/2C4H11Si.Cu/c2*1-5(2,3)4;/h2*1H2,2-4H3;/q2*-1;+2. The molecule has 0 aromatic rings. The Morgan fingerprint density at radius 3 is 0.636 bits per heavy atom. The Kier molecular flexibility index (Phi) is 10.5. The fourth-order valence-electron chi connectivity index (χ4n) is 0. The minimum atomic E-state index is -0.861. The van der Waals surface area contributed by atoms with E-state index in [1.807, 2.05) is 0 Å². The normalized spacial score (nSPS) is 10.9. The second-order valence-corrected chi connectivity index (χ2v) is 15.4. The van der Waals surface area contributed by atoms with Gasteiger partial charge in [0.25, 0.3) is 0 Å². The Balaban J connectivity index is -0.000000107. The van der Waals surface area contributed by atoms with Crippen LogP contribution in [0.3, 0.4) is 0 Å². The molecule has 0 spiro atoms. The van der Waals surface area contributed by atoms with Crippen molar-refractivity contribution < 1.29 is 17.1 Å². The molecule has 11 heavy (non-hydrogen) atoms. The number of hydrogen-bond donors (Lipinski definition) is 0. The molecule has 0 amide bonds. The SMILES string of the molecule is [CH2-][Si](C)(C)C.[CH2-][Si](C)(C)C.[Cu+2]. The van der Waals surface area contributed by atoms with Gasteiger partial charge in [-0.1, -0.05) is 39.3 Å². The molecule has 0 heterocycles. The minimum Gasteiger partial charge on any atom is -0.342 e. The maximum absolute atomic E-state index is 3.91. The third-order valence-electron chi connectivity index (χ3n) is 0. The minimum absolute atomic E-state index is 0. The Labute approximate surface area is 85.7 Å². The summed E-state index contributed by atoms with van der Waals surface area (Å²) in [6.45, 7) is 21.1. The van der Waals surface area contributed by atoms with Crippen molar-refractivity contribution in [3.8, 4) is 0 Å². The molecule has 0 unspecified atom stereocenters. The average Bonchev–Trinajstić information content (AvgIpc) is 1.12. The first-order chi connectivity index (χ1) is 4.00. The number of hydrogen-bond acceptors (Lipinski definition) is 0. The first-order valence-corrected chi connectivity index (χ1v) is 11.1. The smallest absolute Gasteiger partial charge is 0.342 e. The van der Waals surface area contributed by atoms with Gasteiger partial charge in [0.1, 0.15) is 0 Å². The monoisotopic (exact) mass is 237 g/mol. The van der Waals surface area contributed by atoms with Crippen LogP contribution in [-0.4, -0.2) is 16.1 Å². The zero-order valence-electron chi connectivity index (χ0n) is 8.72. The van der Waals surface area contributed by atoms with Crippen molar-refractivity contribution in [2.75, 3.05) is 0 Å². The van der Waals surface area contributed by atoms with E-state index in [4.69, 9.17) is 0 Å². The third kappa shape index (κ3) is 966. The summed E-state index contributed by atoms with van der Waals surface area (Å²) in [4.78, 5) is 0. The summed E-state index contributed by atoms with van der Waals surface area (Å²) in [6, 6.07) is 0. The third-order valence-corrected chi connectivity index (χ3v) is 0. The Morgan fingerprint density at radius 2 is 0.636 bits per heavy atom. The van der Waals surface area contributed by atoms with Gasteiger partial charge >= 0.3 is 17.1 Å². The molecular weight excluding hydrogens is 216 g/mol. The molecule has 0 aromatic heterocycles. The summed E-state index contributed by atoms with van der Waals surface area (Å²) < 4.78 is 0. The van der Waals surface area contributed by atoms with E-state index < -0.39 is 16.1 Å². The molecule has 73 valence electrons. The molecule has 0 aromatic carbocycles. The van der Waals surface area contributed by atoms with Gasteiger partial charge in [0.05, 0.1) is 0 Å². The van der Waals surface area contributed by atoms with E-state index in [1.54, 1.807) is 0 Å². The quantitative estimate of drug-likeness (QED) is 0.448. The van der Waals surface area contributed by atoms with E-state index in [1.165, 1.54) is 0 Å². The molecule has 0 rings (SSSR count). The summed E-state index contributed by atoms with van der Waals surface area (Å²) in [6.07, 6.45) is 0. The fourth-order valence-corrected chi connectivity index (χ4v) is 0. The van der Waals surface area contributed by atoms with Gasteiger partial charge in [-0.05, 0) is 0 Å². The zero-order valence-corrected chi connectivity index (χ0v) is 11.7. The van der Waals surface area contributed by atoms with Crippen LogP contribution in [0, 0.1) is 13.1 Å². The van der Waals surface area contributed by atoms with Crippen LogP contribution in [0.25, 0.3) is 0 Å². The molecule has 0 atom stereocenters. The summed E-state index contributed by atoms with van der Waals surface area (Å²) in [5, 5.41) is 0. The predicted octanol–water partition coefficient (Wildman–Crippen LogP) is 3.39. The molecule has 0 aliphatic rings. The van der Waals surface area contributed by atoms with Gasteiger partial charge in [-0.15, -0.1) is 16.1 Å². The van der Waals surface area contributed by atoms with Crippen LogP contribution in [-0.2, 0) is 17.1 Å². The van der Waals surface area contributed by atoms with Crippen molar-refractivity contribution in [2.45, 2.75) is 39.3 Å². The van der Waals surface area contributed by atoms with Crippen molar-refractivity contribution in [3.05, 3.63) is 13.1 Å². The molecule has 0 aliphatic heterocycles.